The van der Waals surface area contributed by atoms with Crippen LogP contribution < -0.4 is 0 Å². The highest BCUT2D eigenvalue weighted by Gasteiger charge is 2.02. The minimum Gasteiger partial charge on any atom is -0.770 e. The van der Waals surface area contributed by atoms with Gasteiger partial charge in [-0.1, -0.05) is 0 Å². The Bertz CT molecular complexity index is 133. The molecule has 0 aromatic carbocycles. The Morgan fingerprint density at radius 2 is 2.22 bits per heavy atom. The van der Waals surface area contributed by atoms with Crippen LogP contribution in [0.25, 0.3) is 0 Å². The molecule has 0 rings (SSSR count). The van der Waals surface area contributed by atoms with E-state index < -0.39 is 22.5 Å². The van der Waals surface area contributed by atoms with Crippen LogP contribution in [0.2, 0.25) is 0 Å². The second-order valence-corrected chi connectivity index (χ2v) is 2.62. The molecule has 0 saturated carbocycles. The summed E-state index contributed by atoms with van der Waals surface area (Å²) in [5.74, 6) is -0.591. The molecule has 9 heavy (non-hydrogen) atoms. The maximum Gasteiger partial charge on any atom is 0.303 e. The van der Waals surface area contributed by atoms with Gasteiger partial charge in [-0.15, -0.1) is 0 Å². The Kier molecular flexibility index (Phi) is 3.41. The number of rotatable bonds is 2. The Hall–Kier alpha value is -0.420. The SMILES string of the molecule is CC(=O)OC(C)S(=O)[O-]. The largest absolute Gasteiger partial charge is 0.770 e. The van der Waals surface area contributed by atoms with E-state index in [4.69, 9.17) is 0 Å². The molecule has 5 heteroatoms. The fourth-order valence-electron chi connectivity index (χ4n) is 0.273. The van der Waals surface area contributed by atoms with Crippen molar-refractivity contribution in [2.24, 2.45) is 0 Å². The van der Waals surface area contributed by atoms with Crippen molar-refractivity contribution in [3.05, 3.63) is 0 Å². The summed E-state index contributed by atoms with van der Waals surface area (Å²) in [7, 11) is 0. The van der Waals surface area contributed by atoms with Crippen LogP contribution in [0.3, 0.4) is 0 Å². The lowest BCUT2D eigenvalue weighted by Crippen LogP contribution is -2.17. The van der Waals surface area contributed by atoms with Crippen LogP contribution in [0.5, 0.6) is 0 Å². The second kappa shape index (κ2) is 3.58. The highest BCUT2D eigenvalue weighted by molar-refractivity contribution is 7.79. The van der Waals surface area contributed by atoms with Gasteiger partial charge in [0.05, 0.1) is 0 Å². The van der Waals surface area contributed by atoms with Gasteiger partial charge in [-0.25, -0.2) is 0 Å². The molecule has 0 bridgehead atoms. The smallest absolute Gasteiger partial charge is 0.303 e. The van der Waals surface area contributed by atoms with Crippen molar-refractivity contribution < 1.29 is 18.3 Å². The summed E-state index contributed by atoms with van der Waals surface area (Å²) in [5, 5.41) is 0. The predicted octanol–water partition coefficient (Wildman–Crippen LogP) is -0.225. The van der Waals surface area contributed by atoms with Crippen LogP contribution in [-0.4, -0.2) is 20.2 Å². The zero-order chi connectivity index (χ0) is 7.44. The molecular formula is C4H7O4S-. The molecule has 0 amide bonds. The monoisotopic (exact) mass is 151 g/mol. The zero-order valence-corrected chi connectivity index (χ0v) is 5.94. The second-order valence-electron chi connectivity index (χ2n) is 1.44. The summed E-state index contributed by atoms with van der Waals surface area (Å²) < 4.78 is 24.2. The van der Waals surface area contributed by atoms with Crippen LogP contribution in [0, 0.1) is 0 Å². The maximum absolute atomic E-state index is 10.1. The number of hydrogen-bond donors (Lipinski definition) is 0. The van der Waals surface area contributed by atoms with E-state index in [9.17, 15) is 13.6 Å². The van der Waals surface area contributed by atoms with Gasteiger partial charge in [-0.2, -0.15) is 0 Å². The highest BCUT2D eigenvalue weighted by atomic mass is 32.2. The van der Waals surface area contributed by atoms with Crippen molar-refractivity contribution in [1.82, 2.24) is 0 Å². The van der Waals surface area contributed by atoms with Gasteiger partial charge >= 0.3 is 5.97 Å². The highest BCUT2D eigenvalue weighted by Crippen LogP contribution is 1.93. The van der Waals surface area contributed by atoms with Crippen LogP contribution in [0.1, 0.15) is 13.8 Å². The summed E-state index contributed by atoms with van der Waals surface area (Å²) in [4.78, 5) is 10.1. The maximum atomic E-state index is 10.1. The van der Waals surface area contributed by atoms with Crippen LogP contribution in [0.4, 0.5) is 0 Å². The number of carbonyl (C=O) groups excluding carboxylic acids is 1. The normalized spacial score (nSPS) is 16.3. The van der Waals surface area contributed by atoms with E-state index in [1.807, 2.05) is 0 Å². The average Bonchev–Trinajstić information content (AvgIpc) is 1.63. The lowest BCUT2D eigenvalue weighted by molar-refractivity contribution is -0.142. The van der Waals surface area contributed by atoms with Crippen molar-refractivity contribution in [3.8, 4) is 0 Å². The molecule has 0 fully saturated rings. The first-order valence-electron chi connectivity index (χ1n) is 2.29. The Morgan fingerprint density at radius 3 is 2.33 bits per heavy atom. The Labute approximate surface area is 55.5 Å². The Morgan fingerprint density at radius 1 is 1.78 bits per heavy atom. The molecular weight excluding hydrogens is 144 g/mol. The molecule has 0 aromatic rings. The van der Waals surface area contributed by atoms with E-state index in [1.165, 1.54) is 6.92 Å². The van der Waals surface area contributed by atoms with E-state index in [2.05, 4.69) is 4.74 Å². The van der Waals surface area contributed by atoms with Crippen molar-refractivity contribution in [1.29, 1.82) is 0 Å². The van der Waals surface area contributed by atoms with Crippen molar-refractivity contribution in [2.75, 3.05) is 0 Å². The van der Waals surface area contributed by atoms with Crippen molar-refractivity contribution in [3.63, 3.8) is 0 Å². The van der Waals surface area contributed by atoms with E-state index in [0.717, 1.165) is 6.92 Å². The van der Waals surface area contributed by atoms with Gasteiger partial charge in [0.1, 0.15) is 0 Å². The summed E-state index contributed by atoms with van der Waals surface area (Å²) in [6.45, 7) is 2.44. The molecule has 0 spiro atoms. The number of hydrogen-bond acceptors (Lipinski definition) is 4. The first kappa shape index (κ1) is 8.58. The number of ether oxygens (including phenoxy) is 1. The molecule has 0 heterocycles. The third-order valence-electron chi connectivity index (χ3n) is 0.603. The van der Waals surface area contributed by atoms with Crippen molar-refractivity contribution >= 4 is 17.0 Å². The first-order valence-corrected chi connectivity index (χ1v) is 3.43. The van der Waals surface area contributed by atoms with Crippen LogP contribution in [-0.2, 0) is 20.6 Å². The molecule has 0 aliphatic carbocycles. The van der Waals surface area contributed by atoms with Crippen LogP contribution >= 0.6 is 0 Å². The minimum absolute atomic E-state index is 0.591. The number of esters is 1. The molecule has 0 N–H and O–H groups in total. The first-order chi connectivity index (χ1) is 4.04. The van der Waals surface area contributed by atoms with Gasteiger partial charge < -0.3 is 9.29 Å². The topological polar surface area (TPSA) is 66.4 Å². The third-order valence-corrected chi connectivity index (χ3v) is 1.24. The summed E-state index contributed by atoms with van der Waals surface area (Å²) in [6, 6.07) is 0. The lowest BCUT2D eigenvalue weighted by Gasteiger charge is -2.13. The van der Waals surface area contributed by atoms with E-state index in [1.54, 1.807) is 0 Å². The third kappa shape index (κ3) is 4.11. The minimum atomic E-state index is -2.32. The van der Waals surface area contributed by atoms with Gasteiger partial charge in [0, 0.05) is 6.92 Å². The number of carbonyl (C=O) groups is 1. The fourth-order valence-corrected chi connectivity index (χ4v) is 0.487. The van der Waals surface area contributed by atoms with Gasteiger partial charge in [-0.05, 0) is 18.0 Å². The standard InChI is InChI=1S/C4H8O4S/c1-3(5)8-4(2)9(6)7/h4H,1-2H3,(H,6,7)/p-1. The predicted molar refractivity (Wildman–Crippen MR) is 30.1 cm³/mol. The summed E-state index contributed by atoms with van der Waals surface area (Å²) >= 11 is -2.32. The summed E-state index contributed by atoms with van der Waals surface area (Å²) in [6.07, 6.45) is 0. The van der Waals surface area contributed by atoms with Gasteiger partial charge in [0.25, 0.3) is 0 Å². The van der Waals surface area contributed by atoms with Gasteiger partial charge in [-0.3, -0.25) is 9.00 Å². The van der Waals surface area contributed by atoms with Gasteiger partial charge in [0.15, 0.2) is 5.44 Å². The molecule has 0 aliphatic rings. The Balaban J connectivity index is 3.63. The molecule has 0 aliphatic heterocycles. The fraction of sp³-hybridized carbons (Fsp3) is 0.750. The van der Waals surface area contributed by atoms with Gasteiger partial charge in [0.2, 0.25) is 0 Å². The van der Waals surface area contributed by atoms with Crippen molar-refractivity contribution in [2.45, 2.75) is 19.3 Å². The molecule has 0 radical (unpaired) electrons. The molecule has 0 saturated heterocycles. The van der Waals surface area contributed by atoms with Crippen LogP contribution in [0.15, 0.2) is 0 Å². The molecule has 2 atom stereocenters. The zero-order valence-electron chi connectivity index (χ0n) is 5.12. The average molecular weight is 151 g/mol. The molecule has 4 nitrogen and oxygen atoms in total. The molecule has 2 unspecified atom stereocenters. The molecule has 0 aromatic heterocycles. The van der Waals surface area contributed by atoms with E-state index >= 15 is 0 Å². The quantitative estimate of drug-likeness (QED) is 0.404. The molecule has 54 valence electrons. The van der Waals surface area contributed by atoms with E-state index in [0.29, 0.717) is 0 Å². The van der Waals surface area contributed by atoms with E-state index in [-0.39, 0.29) is 0 Å². The summed E-state index contributed by atoms with van der Waals surface area (Å²) in [5.41, 5.74) is -1.04. The lowest BCUT2D eigenvalue weighted by atomic mass is 10.8.